The molecule has 23 heavy (non-hydrogen) atoms. The molecule has 1 amide bonds. The number of nitrogens with one attached hydrogen (secondary N) is 2. The number of hydrogen-bond donors (Lipinski definition) is 3. The first kappa shape index (κ1) is 17.5. The van der Waals surface area contributed by atoms with Gasteiger partial charge in [-0.05, 0) is 37.2 Å². The summed E-state index contributed by atoms with van der Waals surface area (Å²) in [6.07, 6.45) is 0.906. The Labute approximate surface area is 139 Å². The summed E-state index contributed by atoms with van der Waals surface area (Å²) in [4.78, 5) is 12.7. The third-order valence-electron chi connectivity index (χ3n) is 3.31. The van der Waals surface area contributed by atoms with Gasteiger partial charge in [-0.15, -0.1) is 11.3 Å². The summed E-state index contributed by atoms with van der Waals surface area (Å²) < 4.78 is 25.8. The topological polar surface area (TPSA) is 101 Å². The molecule has 124 valence electrons. The van der Waals surface area contributed by atoms with Gasteiger partial charge in [0.2, 0.25) is 15.9 Å². The minimum atomic E-state index is -3.43. The van der Waals surface area contributed by atoms with Crippen LogP contribution in [0.1, 0.15) is 16.9 Å². The summed E-state index contributed by atoms with van der Waals surface area (Å²) in [7, 11) is -2.06. The van der Waals surface area contributed by atoms with Gasteiger partial charge in [0, 0.05) is 17.0 Å². The van der Waals surface area contributed by atoms with Gasteiger partial charge in [0.1, 0.15) is 4.21 Å². The first-order valence-corrected chi connectivity index (χ1v) is 9.34. The van der Waals surface area contributed by atoms with Crippen LogP contribution in [0.3, 0.4) is 0 Å². The summed E-state index contributed by atoms with van der Waals surface area (Å²) >= 11 is 1.14. The maximum atomic E-state index is 11.9. The van der Waals surface area contributed by atoms with Gasteiger partial charge in [-0.2, -0.15) is 0 Å². The first-order chi connectivity index (χ1) is 10.9. The van der Waals surface area contributed by atoms with Gasteiger partial charge in [-0.3, -0.25) is 4.79 Å². The van der Waals surface area contributed by atoms with E-state index < -0.39 is 10.0 Å². The molecule has 0 atom stereocenters. The van der Waals surface area contributed by atoms with Crippen molar-refractivity contribution in [1.82, 2.24) is 10.0 Å². The second-order valence-corrected chi connectivity index (χ2v) is 8.19. The van der Waals surface area contributed by atoms with Crippen LogP contribution in [-0.2, 0) is 27.8 Å². The van der Waals surface area contributed by atoms with Gasteiger partial charge >= 0.3 is 0 Å². The Morgan fingerprint density at radius 1 is 1.22 bits per heavy atom. The van der Waals surface area contributed by atoms with E-state index in [2.05, 4.69) is 10.0 Å². The molecule has 0 aliphatic carbocycles. The number of amides is 1. The molecule has 0 saturated carbocycles. The SMILES string of the molecule is CNS(=O)(=O)c1ccc(CNC(=O)CCc2ccccc2N)s1. The van der Waals surface area contributed by atoms with Crippen molar-refractivity contribution < 1.29 is 13.2 Å². The largest absolute Gasteiger partial charge is 0.399 e. The van der Waals surface area contributed by atoms with E-state index in [1.165, 1.54) is 13.1 Å². The van der Waals surface area contributed by atoms with Crippen molar-refractivity contribution in [2.24, 2.45) is 0 Å². The molecule has 1 heterocycles. The minimum absolute atomic E-state index is 0.0975. The highest BCUT2D eigenvalue weighted by molar-refractivity contribution is 7.91. The van der Waals surface area contributed by atoms with Crippen LogP contribution in [0.5, 0.6) is 0 Å². The van der Waals surface area contributed by atoms with Gasteiger partial charge in [0.05, 0.1) is 6.54 Å². The number of thiophene rings is 1. The second kappa shape index (κ2) is 7.58. The highest BCUT2D eigenvalue weighted by Crippen LogP contribution is 2.21. The highest BCUT2D eigenvalue weighted by atomic mass is 32.2. The molecule has 0 bridgehead atoms. The Bertz CT molecular complexity index is 785. The predicted molar refractivity (Wildman–Crippen MR) is 91.6 cm³/mol. The molecule has 2 rings (SSSR count). The summed E-state index contributed by atoms with van der Waals surface area (Å²) in [6.45, 7) is 0.313. The number of carbonyl (C=O) groups is 1. The Kier molecular flexibility index (Phi) is 5.75. The Morgan fingerprint density at radius 3 is 2.65 bits per heavy atom. The van der Waals surface area contributed by atoms with Crippen molar-refractivity contribution in [2.75, 3.05) is 12.8 Å². The summed E-state index contributed by atoms with van der Waals surface area (Å²) in [6, 6.07) is 10.7. The Balaban J connectivity index is 1.84. The molecule has 0 unspecified atom stereocenters. The van der Waals surface area contributed by atoms with Gasteiger partial charge in [-0.1, -0.05) is 18.2 Å². The molecular weight excluding hydrogens is 334 g/mol. The van der Waals surface area contributed by atoms with Gasteiger partial charge in [-0.25, -0.2) is 13.1 Å². The number of aryl methyl sites for hydroxylation is 1. The van der Waals surface area contributed by atoms with Crippen molar-refractivity contribution in [1.29, 1.82) is 0 Å². The van der Waals surface area contributed by atoms with Gasteiger partial charge in [0.25, 0.3) is 0 Å². The molecule has 0 aliphatic rings. The van der Waals surface area contributed by atoms with Crippen LogP contribution in [0.4, 0.5) is 5.69 Å². The number of hydrogen-bond acceptors (Lipinski definition) is 5. The number of nitrogens with two attached hydrogens (primary N) is 1. The number of benzene rings is 1. The molecular formula is C15H19N3O3S2. The predicted octanol–water partition coefficient (Wildman–Crippen LogP) is 1.49. The zero-order valence-corrected chi connectivity index (χ0v) is 14.3. The number of rotatable bonds is 7. The molecule has 8 heteroatoms. The molecule has 0 aliphatic heterocycles. The minimum Gasteiger partial charge on any atom is -0.399 e. The lowest BCUT2D eigenvalue weighted by Gasteiger charge is -2.06. The average molecular weight is 353 g/mol. The molecule has 1 aromatic carbocycles. The van der Waals surface area contributed by atoms with Crippen molar-refractivity contribution in [3.63, 3.8) is 0 Å². The molecule has 0 radical (unpaired) electrons. The lowest BCUT2D eigenvalue weighted by molar-refractivity contribution is -0.121. The molecule has 0 fully saturated rings. The van der Waals surface area contributed by atoms with Gasteiger partial charge < -0.3 is 11.1 Å². The third-order valence-corrected chi connectivity index (χ3v) is 6.30. The zero-order chi connectivity index (χ0) is 16.9. The summed E-state index contributed by atoms with van der Waals surface area (Å²) in [5.41, 5.74) is 7.46. The zero-order valence-electron chi connectivity index (χ0n) is 12.7. The number of nitrogen functional groups attached to an aromatic ring is 1. The molecule has 0 spiro atoms. The van der Waals surface area contributed by atoms with Crippen molar-refractivity contribution >= 4 is 33.0 Å². The molecule has 6 nitrogen and oxygen atoms in total. The van der Waals surface area contributed by atoms with Crippen LogP contribution in [0.2, 0.25) is 0 Å². The molecule has 2 aromatic rings. The molecule has 4 N–H and O–H groups in total. The van der Waals surface area contributed by atoms with E-state index in [1.54, 1.807) is 6.07 Å². The molecule has 1 aromatic heterocycles. The monoisotopic (exact) mass is 353 g/mol. The van der Waals surface area contributed by atoms with Crippen LogP contribution >= 0.6 is 11.3 Å². The maximum Gasteiger partial charge on any atom is 0.249 e. The smallest absolute Gasteiger partial charge is 0.249 e. The average Bonchev–Trinajstić information content (AvgIpc) is 3.02. The lowest BCUT2D eigenvalue weighted by atomic mass is 10.1. The van der Waals surface area contributed by atoms with Crippen LogP contribution < -0.4 is 15.8 Å². The van der Waals surface area contributed by atoms with E-state index in [1.807, 2.05) is 24.3 Å². The van der Waals surface area contributed by atoms with Crippen molar-refractivity contribution in [3.05, 3.63) is 46.8 Å². The number of carbonyl (C=O) groups excluding carboxylic acids is 1. The van der Waals surface area contributed by atoms with Crippen LogP contribution in [0.25, 0.3) is 0 Å². The normalized spacial score (nSPS) is 11.3. The van der Waals surface area contributed by atoms with Crippen LogP contribution in [0, 0.1) is 0 Å². The highest BCUT2D eigenvalue weighted by Gasteiger charge is 2.14. The fourth-order valence-electron chi connectivity index (χ4n) is 1.98. The fourth-order valence-corrected chi connectivity index (χ4v) is 4.12. The van der Waals surface area contributed by atoms with E-state index in [0.29, 0.717) is 25.1 Å². The number of sulfonamides is 1. The fraction of sp³-hybridized carbons (Fsp3) is 0.267. The standard InChI is InChI=1S/C15H19N3O3S2/c1-17-23(20,21)15-9-7-12(22-15)10-18-14(19)8-6-11-4-2-3-5-13(11)16/h2-5,7,9,17H,6,8,10,16H2,1H3,(H,18,19). The van der Waals surface area contributed by atoms with Gasteiger partial charge in [0.15, 0.2) is 0 Å². The van der Waals surface area contributed by atoms with E-state index in [4.69, 9.17) is 5.73 Å². The quantitative estimate of drug-likeness (QED) is 0.656. The van der Waals surface area contributed by atoms with E-state index >= 15 is 0 Å². The Morgan fingerprint density at radius 2 is 1.96 bits per heavy atom. The van der Waals surface area contributed by atoms with Crippen LogP contribution in [-0.4, -0.2) is 21.4 Å². The second-order valence-electron chi connectivity index (χ2n) is 4.90. The summed E-state index contributed by atoms with van der Waals surface area (Å²) in [5.74, 6) is -0.0975. The maximum absolute atomic E-state index is 11.9. The van der Waals surface area contributed by atoms with Crippen molar-refractivity contribution in [3.8, 4) is 0 Å². The van der Waals surface area contributed by atoms with Crippen LogP contribution in [0.15, 0.2) is 40.6 Å². The lowest BCUT2D eigenvalue weighted by Crippen LogP contribution is -2.22. The number of anilines is 1. The third kappa shape index (κ3) is 4.78. The van der Waals surface area contributed by atoms with E-state index in [9.17, 15) is 13.2 Å². The van der Waals surface area contributed by atoms with E-state index in [0.717, 1.165) is 21.8 Å². The Hall–Kier alpha value is -1.90. The van der Waals surface area contributed by atoms with E-state index in [-0.39, 0.29) is 10.1 Å². The van der Waals surface area contributed by atoms with Crippen molar-refractivity contribution in [2.45, 2.75) is 23.6 Å². The first-order valence-electron chi connectivity index (χ1n) is 7.04. The number of para-hydroxylation sites is 1. The molecule has 0 saturated heterocycles. The summed E-state index contributed by atoms with van der Waals surface area (Å²) in [5, 5.41) is 2.79.